The Morgan fingerprint density at radius 3 is 2.08 bits per heavy atom. The number of hydrogen-bond donors (Lipinski definition) is 2. The molecule has 2 N–H and O–H groups in total. The molecule has 140 valence electrons. The molecule has 0 spiro atoms. The van der Waals surface area contributed by atoms with Gasteiger partial charge in [0.2, 0.25) is 5.91 Å². The average Bonchev–Trinajstić information content (AvgIpc) is 2.51. The second-order valence-corrected chi connectivity index (χ2v) is 9.39. The average molecular weight is 369 g/mol. The highest BCUT2D eigenvalue weighted by Crippen LogP contribution is 2.17. The van der Waals surface area contributed by atoms with Gasteiger partial charge in [-0.15, -0.1) is 0 Å². The largest absolute Gasteiger partial charge is 0.481 e. The lowest BCUT2D eigenvalue weighted by Crippen LogP contribution is -2.34. The van der Waals surface area contributed by atoms with Gasteiger partial charge in [-0.2, -0.15) is 0 Å². The number of sulfone groups is 1. The molecule has 0 heterocycles. The molecule has 1 atom stereocenters. The van der Waals surface area contributed by atoms with Gasteiger partial charge in [-0.25, -0.2) is 8.42 Å². The van der Waals surface area contributed by atoms with E-state index in [9.17, 15) is 18.0 Å². The molecule has 25 heavy (non-hydrogen) atoms. The van der Waals surface area contributed by atoms with Gasteiger partial charge in [-0.05, 0) is 43.9 Å². The highest BCUT2D eigenvalue weighted by Gasteiger charge is 2.20. The van der Waals surface area contributed by atoms with Crippen LogP contribution in [0.15, 0.2) is 29.2 Å². The zero-order valence-electron chi connectivity index (χ0n) is 15.2. The Morgan fingerprint density at radius 2 is 1.64 bits per heavy atom. The summed E-state index contributed by atoms with van der Waals surface area (Å²) in [4.78, 5) is 23.4. The lowest BCUT2D eigenvalue weighted by Gasteiger charge is -2.15. The van der Waals surface area contributed by atoms with Crippen molar-refractivity contribution in [1.82, 2.24) is 5.32 Å². The number of benzene rings is 1. The number of nitrogens with one attached hydrogen (secondary N) is 1. The fourth-order valence-corrected chi connectivity index (χ4v) is 3.45. The fraction of sp³-hybridized carbons (Fsp3) is 0.556. The summed E-state index contributed by atoms with van der Waals surface area (Å²) < 4.78 is 24.1. The maximum Gasteiger partial charge on any atom is 0.308 e. The number of carboxylic acid groups (broad SMARTS) is 1. The molecule has 1 aromatic rings. The minimum absolute atomic E-state index is 0.0794. The smallest absolute Gasteiger partial charge is 0.308 e. The van der Waals surface area contributed by atoms with Crippen molar-refractivity contribution in [1.29, 1.82) is 0 Å². The summed E-state index contributed by atoms with van der Waals surface area (Å²) in [7, 11) is -3.33. The molecule has 0 saturated carbocycles. The number of carboxylic acids is 1. The SMILES string of the molecule is CC(C)CC(CNC(=O)Cc1ccc(S(=O)(=O)C(C)C)cc1)C(=O)O. The lowest BCUT2D eigenvalue weighted by atomic mass is 9.97. The third-order valence-corrected chi connectivity index (χ3v) is 6.06. The Kier molecular flexibility index (Phi) is 7.60. The third kappa shape index (κ3) is 6.49. The summed E-state index contributed by atoms with van der Waals surface area (Å²) in [6, 6.07) is 6.21. The van der Waals surface area contributed by atoms with Crippen LogP contribution in [0, 0.1) is 11.8 Å². The van der Waals surface area contributed by atoms with E-state index in [-0.39, 0.29) is 29.7 Å². The van der Waals surface area contributed by atoms with Crippen molar-refractivity contribution < 1.29 is 23.1 Å². The zero-order valence-corrected chi connectivity index (χ0v) is 16.0. The van der Waals surface area contributed by atoms with Crippen LogP contribution in [-0.2, 0) is 25.8 Å². The van der Waals surface area contributed by atoms with Gasteiger partial charge in [0.15, 0.2) is 9.84 Å². The van der Waals surface area contributed by atoms with Crippen LogP contribution in [0.3, 0.4) is 0 Å². The van der Waals surface area contributed by atoms with Crippen LogP contribution in [0.1, 0.15) is 39.7 Å². The number of carbonyl (C=O) groups excluding carboxylic acids is 1. The van der Waals surface area contributed by atoms with Gasteiger partial charge >= 0.3 is 5.97 Å². The van der Waals surface area contributed by atoms with Gasteiger partial charge in [-0.3, -0.25) is 9.59 Å². The molecule has 1 aromatic carbocycles. The maximum atomic E-state index is 12.1. The lowest BCUT2D eigenvalue weighted by molar-refractivity contribution is -0.142. The maximum absolute atomic E-state index is 12.1. The van der Waals surface area contributed by atoms with E-state index < -0.39 is 27.0 Å². The van der Waals surface area contributed by atoms with Crippen molar-refractivity contribution in [3.05, 3.63) is 29.8 Å². The van der Waals surface area contributed by atoms with Gasteiger partial charge in [0.05, 0.1) is 22.5 Å². The van der Waals surface area contributed by atoms with Crippen LogP contribution < -0.4 is 5.32 Å². The molecular formula is C18H27NO5S. The molecule has 0 aliphatic carbocycles. The second-order valence-electron chi connectivity index (χ2n) is 6.88. The van der Waals surface area contributed by atoms with Crippen LogP contribution in [-0.4, -0.2) is 37.2 Å². The van der Waals surface area contributed by atoms with E-state index in [1.807, 2.05) is 13.8 Å². The molecule has 0 saturated heterocycles. The monoisotopic (exact) mass is 369 g/mol. The first kappa shape index (κ1) is 21.2. The molecule has 0 aromatic heterocycles. The summed E-state index contributed by atoms with van der Waals surface area (Å²) in [6.07, 6.45) is 0.577. The van der Waals surface area contributed by atoms with Crippen molar-refractivity contribution in [2.75, 3.05) is 6.54 Å². The number of hydrogen-bond acceptors (Lipinski definition) is 4. The van der Waals surface area contributed by atoms with E-state index in [0.717, 1.165) is 0 Å². The van der Waals surface area contributed by atoms with Crippen molar-refractivity contribution in [3.63, 3.8) is 0 Å². The summed E-state index contributed by atoms with van der Waals surface area (Å²) in [5, 5.41) is 11.3. The Balaban J connectivity index is 2.64. The Morgan fingerprint density at radius 1 is 1.08 bits per heavy atom. The van der Waals surface area contributed by atoms with Gasteiger partial charge in [0, 0.05) is 6.54 Å². The fourth-order valence-electron chi connectivity index (χ4n) is 2.39. The zero-order chi connectivity index (χ0) is 19.2. The topological polar surface area (TPSA) is 101 Å². The van der Waals surface area contributed by atoms with E-state index in [2.05, 4.69) is 5.32 Å². The van der Waals surface area contributed by atoms with E-state index in [1.54, 1.807) is 26.0 Å². The van der Waals surface area contributed by atoms with E-state index >= 15 is 0 Å². The highest BCUT2D eigenvalue weighted by atomic mass is 32.2. The first-order valence-corrected chi connectivity index (χ1v) is 9.91. The minimum Gasteiger partial charge on any atom is -0.481 e. The molecule has 6 nitrogen and oxygen atoms in total. The third-order valence-electron chi connectivity index (χ3n) is 3.89. The summed E-state index contributed by atoms with van der Waals surface area (Å²) in [5.74, 6) is -1.58. The normalized spacial score (nSPS) is 13.0. The van der Waals surface area contributed by atoms with E-state index in [1.165, 1.54) is 12.1 Å². The predicted octanol–water partition coefficient (Wildman–Crippen LogP) is 2.27. The Labute approximate surface area is 149 Å². The second kappa shape index (κ2) is 8.99. The molecule has 0 aliphatic rings. The van der Waals surface area contributed by atoms with Crippen LogP contribution in [0.5, 0.6) is 0 Å². The molecule has 0 bridgehead atoms. The first-order valence-electron chi connectivity index (χ1n) is 8.36. The molecule has 0 radical (unpaired) electrons. The number of amides is 1. The number of rotatable bonds is 9. The molecule has 1 unspecified atom stereocenters. The van der Waals surface area contributed by atoms with Crippen LogP contribution in [0.25, 0.3) is 0 Å². The first-order chi connectivity index (χ1) is 11.5. The summed E-state index contributed by atoms with van der Waals surface area (Å²) in [6.45, 7) is 7.20. The van der Waals surface area contributed by atoms with Gasteiger partial charge in [0.25, 0.3) is 0 Å². The molecule has 1 amide bonds. The van der Waals surface area contributed by atoms with E-state index in [4.69, 9.17) is 5.11 Å². The van der Waals surface area contributed by atoms with E-state index in [0.29, 0.717) is 12.0 Å². The van der Waals surface area contributed by atoms with Crippen molar-refractivity contribution >= 4 is 21.7 Å². The number of carbonyl (C=O) groups is 2. The predicted molar refractivity (Wildman–Crippen MR) is 96.1 cm³/mol. The van der Waals surface area contributed by atoms with Crippen molar-refractivity contribution in [2.45, 2.75) is 50.7 Å². The Hall–Kier alpha value is -1.89. The Bertz CT molecular complexity index is 693. The number of aliphatic carboxylic acids is 1. The highest BCUT2D eigenvalue weighted by molar-refractivity contribution is 7.92. The van der Waals surface area contributed by atoms with Crippen LogP contribution in [0.2, 0.25) is 0 Å². The summed E-state index contributed by atoms with van der Waals surface area (Å²) >= 11 is 0. The van der Waals surface area contributed by atoms with Gasteiger partial charge in [0.1, 0.15) is 0 Å². The molecule has 7 heteroatoms. The quantitative estimate of drug-likeness (QED) is 0.695. The van der Waals surface area contributed by atoms with Gasteiger partial charge in [-0.1, -0.05) is 26.0 Å². The standard InChI is InChI=1S/C18H27NO5S/c1-12(2)9-15(18(21)22)11-19-17(20)10-14-5-7-16(8-6-14)25(23,24)13(3)4/h5-8,12-13,15H,9-11H2,1-4H3,(H,19,20)(H,21,22). The molecule has 0 aliphatic heterocycles. The van der Waals surface area contributed by atoms with Crippen LogP contribution in [0.4, 0.5) is 0 Å². The van der Waals surface area contributed by atoms with Crippen molar-refractivity contribution in [3.8, 4) is 0 Å². The minimum atomic E-state index is -3.33. The van der Waals surface area contributed by atoms with Crippen molar-refractivity contribution in [2.24, 2.45) is 11.8 Å². The summed E-state index contributed by atoms with van der Waals surface area (Å²) in [5.41, 5.74) is 0.677. The molecular weight excluding hydrogens is 342 g/mol. The van der Waals surface area contributed by atoms with Crippen LogP contribution >= 0.6 is 0 Å². The van der Waals surface area contributed by atoms with Gasteiger partial charge < -0.3 is 10.4 Å². The molecule has 1 rings (SSSR count). The molecule has 0 fully saturated rings.